The van der Waals surface area contributed by atoms with Crippen molar-refractivity contribution >= 4 is 22.1 Å². The van der Waals surface area contributed by atoms with E-state index in [1.807, 2.05) is 26.0 Å². The second kappa shape index (κ2) is 11.6. The number of aliphatic hydroxyl groups excluding tert-OH is 1. The lowest BCUT2D eigenvalue weighted by Crippen LogP contribution is -2.47. The van der Waals surface area contributed by atoms with Crippen LogP contribution >= 0.6 is 0 Å². The average molecular weight is 555 g/mol. The second-order valence-corrected chi connectivity index (χ2v) is 12.4. The number of fused-ring (bicyclic) bond motifs is 1. The molecule has 0 heterocycles. The maximum Gasteiger partial charge on any atom is 0.417 e. The summed E-state index contributed by atoms with van der Waals surface area (Å²) in [5.41, 5.74) is 0.617. The highest BCUT2D eigenvalue weighted by molar-refractivity contribution is 7.89. The molecule has 11 heteroatoms. The number of aliphatic hydroxyl groups is 1. The van der Waals surface area contributed by atoms with E-state index in [1.54, 1.807) is 0 Å². The minimum Gasteiger partial charge on any atom is -0.478 e. The Labute approximate surface area is 221 Å². The van der Waals surface area contributed by atoms with Gasteiger partial charge in [-0.25, -0.2) is 13.2 Å². The molecule has 2 aromatic carbocycles. The molecular formula is C27H33F3N2O5S. The van der Waals surface area contributed by atoms with Gasteiger partial charge in [-0.1, -0.05) is 30.3 Å². The highest BCUT2D eigenvalue weighted by Gasteiger charge is 2.35. The molecule has 1 aliphatic rings. The van der Waals surface area contributed by atoms with Crippen LogP contribution in [0.3, 0.4) is 0 Å². The van der Waals surface area contributed by atoms with E-state index in [4.69, 9.17) is 5.11 Å². The number of likely N-dealkylation sites (N-methyl/N-ethyl adjacent to an activating group) is 1. The quantitative estimate of drug-likeness (QED) is 0.363. The molecule has 0 aromatic heterocycles. The van der Waals surface area contributed by atoms with Crippen LogP contribution < -0.4 is 5.32 Å². The Kier molecular flexibility index (Phi) is 9.08. The first-order valence-electron chi connectivity index (χ1n) is 12.2. The Hall–Kier alpha value is -2.73. The fraction of sp³-hybridized carbons (Fsp3) is 0.444. The third-order valence-electron chi connectivity index (χ3n) is 6.66. The number of aliphatic carboxylic acids is 1. The standard InChI is InChI=1S/C27H33F3N2O5S/c1-26(2,15-18-12-20-6-4-5-7-21(20)13-18)31-16-22(33)17-32(3)38(36,37)23-10-8-19(9-11-25(34)35)24(14-23)27(28,29)30/h4-11,14,18,22,31,33H,12-13,15-17H2,1-3H3,(H,34,35). The summed E-state index contributed by atoms with van der Waals surface area (Å²) in [6.07, 6.45) is -1.89. The lowest BCUT2D eigenvalue weighted by molar-refractivity contribution is -0.138. The molecule has 208 valence electrons. The number of carbonyl (C=O) groups is 1. The number of halogens is 3. The maximum atomic E-state index is 13.5. The average Bonchev–Trinajstić information content (AvgIpc) is 3.22. The zero-order chi connectivity index (χ0) is 28.3. The van der Waals surface area contributed by atoms with Crippen molar-refractivity contribution in [3.8, 4) is 0 Å². The van der Waals surface area contributed by atoms with Crippen LogP contribution in [-0.2, 0) is 33.8 Å². The molecule has 2 aromatic rings. The molecule has 1 atom stereocenters. The smallest absolute Gasteiger partial charge is 0.417 e. The van der Waals surface area contributed by atoms with Crippen molar-refractivity contribution in [2.75, 3.05) is 20.1 Å². The van der Waals surface area contributed by atoms with Gasteiger partial charge in [0.1, 0.15) is 0 Å². The van der Waals surface area contributed by atoms with Crippen LogP contribution in [0.4, 0.5) is 13.2 Å². The van der Waals surface area contributed by atoms with Gasteiger partial charge in [-0.2, -0.15) is 17.5 Å². The first kappa shape index (κ1) is 29.8. The van der Waals surface area contributed by atoms with E-state index in [0.717, 1.165) is 41.8 Å². The second-order valence-electron chi connectivity index (χ2n) is 10.4. The van der Waals surface area contributed by atoms with Crippen molar-refractivity contribution in [3.05, 3.63) is 70.8 Å². The first-order valence-corrected chi connectivity index (χ1v) is 13.6. The SMILES string of the molecule is CN(CC(O)CNC(C)(C)CC1Cc2ccccc2C1)S(=O)(=O)c1ccc(C=CC(=O)O)c(C(F)(F)F)c1. The van der Waals surface area contributed by atoms with E-state index >= 15 is 0 Å². The summed E-state index contributed by atoms with van der Waals surface area (Å²) in [6.45, 7) is 3.80. The number of hydrogen-bond donors (Lipinski definition) is 3. The summed E-state index contributed by atoms with van der Waals surface area (Å²) in [7, 11) is -3.18. The maximum absolute atomic E-state index is 13.5. The molecular weight excluding hydrogens is 521 g/mol. The Balaban J connectivity index is 1.62. The Morgan fingerprint density at radius 2 is 1.76 bits per heavy atom. The molecule has 0 bridgehead atoms. The number of rotatable bonds is 11. The highest BCUT2D eigenvalue weighted by atomic mass is 32.2. The molecule has 0 radical (unpaired) electrons. The molecule has 3 rings (SSSR count). The van der Waals surface area contributed by atoms with Gasteiger partial charge in [-0.3, -0.25) is 0 Å². The van der Waals surface area contributed by atoms with E-state index in [0.29, 0.717) is 18.1 Å². The number of carboxylic acid groups (broad SMARTS) is 1. The van der Waals surface area contributed by atoms with Crippen molar-refractivity contribution in [1.82, 2.24) is 9.62 Å². The molecule has 38 heavy (non-hydrogen) atoms. The molecule has 1 unspecified atom stereocenters. The molecule has 7 nitrogen and oxygen atoms in total. The normalized spacial score (nSPS) is 15.8. The van der Waals surface area contributed by atoms with Crippen molar-refractivity contribution in [2.45, 2.75) is 55.8 Å². The summed E-state index contributed by atoms with van der Waals surface area (Å²) in [5.74, 6) is -0.986. The Morgan fingerprint density at radius 3 is 2.32 bits per heavy atom. The first-order chi connectivity index (χ1) is 17.6. The summed E-state index contributed by atoms with van der Waals surface area (Å²) in [4.78, 5) is 10.1. The van der Waals surface area contributed by atoms with Crippen LogP contribution in [0.5, 0.6) is 0 Å². The van der Waals surface area contributed by atoms with Gasteiger partial charge in [-0.05, 0) is 73.9 Å². The van der Waals surface area contributed by atoms with Crippen LogP contribution in [0.15, 0.2) is 53.4 Å². The van der Waals surface area contributed by atoms with Gasteiger partial charge in [-0.15, -0.1) is 0 Å². The predicted octanol–water partition coefficient (Wildman–Crippen LogP) is 3.96. The van der Waals surface area contributed by atoms with Crippen LogP contribution in [0, 0.1) is 5.92 Å². The number of alkyl halides is 3. The summed E-state index contributed by atoms with van der Waals surface area (Å²) < 4.78 is 67.4. The summed E-state index contributed by atoms with van der Waals surface area (Å²) in [5, 5.41) is 22.5. The fourth-order valence-electron chi connectivity index (χ4n) is 4.87. The zero-order valence-corrected chi connectivity index (χ0v) is 22.3. The molecule has 1 aliphatic carbocycles. The molecule has 0 saturated heterocycles. The number of nitrogens with one attached hydrogen (secondary N) is 1. The number of hydrogen-bond acceptors (Lipinski definition) is 5. The van der Waals surface area contributed by atoms with Gasteiger partial charge in [0.2, 0.25) is 10.0 Å². The van der Waals surface area contributed by atoms with E-state index in [2.05, 4.69) is 17.4 Å². The van der Waals surface area contributed by atoms with Gasteiger partial charge in [0.25, 0.3) is 0 Å². The van der Waals surface area contributed by atoms with Gasteiger partial charge < -0.3 is 15.5 Å². The van der Waals surface area contributed by atoms with Crippen LogP contribution in [0.2, 0.25) is 0 Å². The van der Waals surface area contributed by atoms with Crippen molar-refractivity contribution in [2.24, 2.45) is 5.92 Å². The zero-order valence-electron chi connectivity index (χ0n) is 21.5. The van der Waals surface area contributed by atoms with Crippen LogP contribution in [-0.4, -0.2) is 60.7 Å². The largest absolute Gasteiger partial charge is 0.478 e. The lowest BCUT2D eigenvalue weighted by atomic mass is 9.88. The highest BCUT2D eigenvalue weighted by Crippen LogP contribution is 2.35. The predicted molar refractivity (Wildman–Crippen MR) is 138 cm³/mol. The van der Waals surface area contributed by atoms with Crippen molar-refractivity contribution in [3.63, 3.8) is 0 Å². The molecule has 0 saturated carbocycles. The van der Waals surface area contributed by atoms with E-state index in [-0.39, 0.29) is 18.6 Å². The molecule has 0 fully saturated rings. The number of benzene rings is 2. The number of carboxylic acids is 1. The lowest BCUT2D eigenvalue weighted by Gasteiger charge is -2.31. The molecule has 0 spiro atoms. The Bertz CT molecular complexity index is 1270. The van der Waals surface area contributed by atoms with Gasteiger partial charge in [0, 0.05) is 31.8 Å². The van der Waals surface area contributed by atoms with Gasteiger partial charge >= 0.3 is 12.1 Å². The van der Waals surface area contributed by atoms with Crippen molar-refractivity contribution < 1.29 is 36.6 Å². The molecule has 3 N–H and O–H groups in total. The number of nitrogens with zero attached hydrogens (tertiary/aromatic N) is 1. The number of sulfonamides is 1. The third kappa shape index (κ3) is 7.66. The van der Waals surface area contributed by atoms with E-state index in [9.17, 15) is 31.5 Å². The monoisotopic (exact) mass is 554 g/mol. The Morgan fingerprint density at radius 1 is 1.16 bits per heavy atom. The summed E-state index contributed by atoms with van der Waals surface area (Å²) >= 11 is 0. The topological polar surface area (TPSA) is 107 Å². The number of β-amino-alcohol motifs (C(OH)–C–C–N with tert-alkyl or cyclic N) is 1. The van der Waals surface area contributed by atoms with Gasteiger partial charge in [0.05, 0.1) is 16.6 Å². The minimum absolute atomic E-state index is 0.0965. The molecule has 0 aliphatic heterocycles. The fourth-order valence-corrected chi connectivity index (χ4v) is 6.10. The summed E-state index contributed by atoms with van der Waals surface area (Å²) in [6, 6.07) is 10.7. The van der Waals surface area contributed by atoms with Crippen molar-refractivity contribution in [1.29, 1.82) is 0 Å². The van der Waals surface area contributed by atoms with Crippen LogP contribution in [0.25, 0.3) is 6.08 Å². The minimum atomic E-state index is -4.90. The van der Waals surface area contributed by atoms with E-state index in [1.165, 1.54) is 18.2 Å². The van der Waals surface area contributed by atoms with Crippen LogP contribution in [0.1, 0.15) is 42.5 Å². The third-order valence-corrected chi connectivity index (χ3v) is 8.48. The van der Waals surface area contributed by atoms with Gasteiger partial charge in [0.15, 0.2) is 0 Å². The molecule has 0 amide bonds. The van der Waals surface area contributed by atoms with E-state index < -0.39 is 44.3 Å².